The number of Topliss-reactive ketones (excluding diaryl/α,β-unsaturated/α-hetero) is 1. The van der Waals surface area contributed by atoms with Crippen LogP contribution in [0.25, 0.3) is 0 Å². The van der Waals surface area contributed by atoms with Crippen LogP contribution in [0, 0.1) is 5.92 Å². The monoisotopic (exact) mass is 208 g/mol. The first-order chi connectivity index (χ1) is 4.59. The van der Waals surface area contributed by atoms with Crippen molar-refractivity contribution in [3.05, 3.63) is 0 Å². The molecule has 0 heterocycles. The fraction of sp³-hybridized carbons (Fsp3) is 0.714. The summed E-state index contributed by atoms with van der Waals surface area (Å²) < 4.78 is 4.61. The van der Waals surface area contributed by atoms with E-state index in [9.17, 15) is 9.59 Å². The van der Waals surface area contributed by atoms with Crippen LogP contribution < -0.4 is 0 Å². The van der Waals surface area contributed by atoms with Crippen molar-refractivity contribution in [2.75, 3.05) is 6.61 Å². The number of ether oxygens (including phenoxy) is 1. The maximum absolute atomic E-state index is 10.7. The summed E-state index contributed by atoms with van der Waals surface area (Å²) in [5.74, 6) is -1.20. The van der Waals surface area contributed by atoms with Crippen LogP contribution in [0.15, 0.2) is 0 Å². The fourth-order valence-corrected chi connectivity index (χ4v) is 0.433. The third-order valence-corrected chi connectivity index (χ3v) is 1.25. The molecule has 0 aromatic carbocycles. The van der Waals surface area contributed by atoms with Gasteiger partial charge in [-0.2, -0.15) is 0 Å². The van der Waals surface area contributed by atoms with E-state index in [4.69, 9.17) is 0 Å². The van der Waals surface area contributed by atoms with Gasteiger partial charge in [0.05, 0.1) is 6.61 Å². The summed E-state index contributed by atoms with van der Waals surface area (Å²) in [6.45, 7) is 4.96. The third kappa shape index (κ3) is 5.08. The average Bonchev–Trinajstić information content (AvgIpc) is 1.87. The normalized spacial score (nSPS) is 11.2. The van der Waals surface area contributed by atoms with Crippen LogP contribution in [0.5, 0.6) is 0 Å². The van der Waals surface area contributed by atoms with E-state index in [1.54, 1.807) is 13.8 Å². The Labute approximate surface area is 79.2 Å². The van der Waals surface area contributed by atoms with Gasteiger partial charge in [-0.25, -0.2) is 0 Å². The number of hydrogen-bond acceptors (Lipinski definition) is 3. The molecule has 1 unspecified atom stereocenters. The van der Waals surface area contributed by atoms with Crippen molar-refractivity contribution < 1.29 is 33.8 Å². The van der Waals surface area contributed by atoms with Crippen LogP contribution >= 0.6 is 0 Å². The Morgan fingerprint density at radius 3 is 2.18 bits per heavy atom. The molecule has 0 amide bonds. The molecule has 0 saturated carbocycles. The van der Waals surface area contributed by atoms with Crippen molar-refractivity contribution in [3.8, 4) is 0 Å². The van der Waals surface area contributed by atoms with Crippen molar-refractivity contribution in [1.29, 1.82) is 0 Å². The Bertz CT molecular complexity index is 145. The Kier molecular flexibility index (Phi) is 7.86. The van der Waals surface area contributed by atoms with Gasteiger partial charge in [-0.3, -0.25) is 9.59 Å². The van der Waals surface area contributed by atoms with Gasteiger partial charge in [0, 0.05) is 0 Å². The average molecular weight is 210 g/mol. The van der Waals surface area contributed by atoms with E-state index in [1.807, 2.05) is 0 Å². The molecule has 0 bridgehead atoms. The summed E-state index contributed by atoms with van der Waals surface area (Å²) in [6.07, 6.45) is 0. The van der Waals surface area contributed by atoms with Crippen molar-refractivity contribution >= 4 is 11.8 Å². The summed E-state index contributed by atoms with van der Waals surface area (Å²) in [5.41, 5.74) is 0. The molecule has 0 saturated heterocycles. The molecule has 0 radical (unpaired) electrons. The zero-order valence-corrected chi connectivity index (χ0v) is 10.2. The maximum Gasteiger partial charge on any atom is 2.00 e. The standard InChI is InChI=1S/C7H12O3.Zn/c1-4-10-7(9)5(2)6(3)8;/h5H,4H2,1-3H3;/q;+2. The van der Waals surface area contributed by atoms with E-state index in [1.165, 1.54) is 6.92 Å². The summed E-state index contributed by atoms with van der Waals surface area (Å²) in [4.78, 5) is 21.3. The van der Waals surface area contributed by atoms with E-state index in [2.05, 4.69) is 4.74 Å². The van der Waals surface area contributed by atoms with E-state index < -0.39 is 11.9 Å². The number of carbonyl (C=O) groups excluding carboxylic acids is 2. The van der Waals surface area contributed by atoms with Crippen molar-refractivity contribution in [2.24, 2.45) is 5.92 Å². The number of rotatable bonds is 3. The second kappa shape index (κ2) is 6.47. The van der Waals surface area contributed by atoms with Crippen LogP contribution in [-0.2, 0) is 33.8 Å². The first-order valence-electron chi connectivity index (χ1n) is 3.26. The van der Waals surface area contributed by atoms with E-state index in [0.29, 0.717) is 6.61 Å². The molecule has 58 valence electrons. The van der Waals surface area contributed by atoms with Gasteiger partial charge >= 0.3 is 25.4 Å². The third-order valence-electron chi connectivity index (χ3n) is 1.25. The van der Waals surface area contributed by atoms with Crippen LogP contribution in [0.1, 0.15) is 20.8 Å². The molecule has 0 rings (SSSR count). The van der Waals surface area contributed by atoms with Crippen molar-refractivity contribution in [2.45, 2.75) is 20.8 Å². The molecule has 0 N–H and O–H groups in total. The topological polar surface area (TPSA) is 43.4 Å². The Balaban J connectivity index is 0. The minimum absolute atomic E-state index is 0. The van der Waals surface area contributed by atoms with Gasteiger partial charge < -0.3 is 4.74 Å². The van der Waals surface area contributed by atoms with E-state index in [-0.39, 0.29) is 25.3 Å². The fourth-order valence-electron chi connectivity index (χ4n) is 0.433. The number of hydrogen-bond donors (Lipinski definition) is 0. The zero-order valence-electron chi connectivity index (χ0n) is 7.22. The van der Waals surface area contributed by atoms with Crippen LogP contribution in [0.2, 0.25) is 0 Å². The van der Waals surface area contributed by atoms with Gasteiger partial charge in [0.1, 0.15) is 11.7 Å². The molecule has 0 spiro atoms. The molecular formula is C7H12O3Zn+2. The van der Waals surface area contributed by atoms with E-state index in [0.717, 1.165) is 0 Å². The molecule has 11 heavy (non-hydrogen) atoms. The van der Waals surface area contributed by atoms with Crippen LogP contribution in [-0.4, -0.2) is 18.4 Å². The van der Waals surface area contributed by atoms with Gasteiger partial charge in [0.25, 0.3) is 0 Å². The van der Waals surface area contributed by atoms with Gasteiger partial charge in [0.2, 0.25) is 0 Å². The first kappa shape index (κ1) is 13.4. The second-order valence-electron chi connectivity index (χ2n) is 2.08. The minimum Gasteiger partial charge on any atom is -0.465 e. The predicted octanol–water partition coefficient (Wildman–Crippen LogP) is 0.772. The van der Waals surface area contributed by atoms with Crippen molar-refractivity contribution in [1.82, 2.24) is 0 Å². The number of esters is 1. The predicted molar refractivity (Wildman–Crippen MR) is 36.5 cm³/mol. The number of ketones is 1. The summed E-state index contributed by atoms with van der Waals surface area (Å²) in [7, 11) is 0. The molecule has 4 heteroatoms. The summed E-state index contributed by atoms with van der Waals surface area (Å²) in [6, 6.07) is 0. The van der Waals surface area contributed by atoms with Gasteiger partial charge in [-0.05, 0) is 20.8 Å². The van der Waals surface area contributed by atoms with Crippen molar-refractivity contribution in [3.63, 3.8) is 0 Å². The molecule has 0 aliphatic heterocycles. The zero-order chi connectivity index (χ0) is 8.15. The van der Waals surface area contributed by atoms with E-state index >= 15 is 0 Å². The molecule has 0 aromatic heterocycles. The Morgan fingerprint density at radius 1 is 1.45 bits per heavy atom. The quantitative estimate of drug-likeness (QED) is 0.392. The molecule has 0 aliphatic carbocycles. The smallest absolute Gasteiger partial charge is 0.465 e. The molecule has 3 nitrogen and oxygen atoms in total. The van der Waals surface area contributed by atoms with Crippen LogP contribution in [0.3, 0.4) is 0 Å². The summed E-state index contributed by atoms with van der Waals surface area (Å²) in [5, 5.41) is 0. The van der Waals surface area contributed by atoms with Gasteiger partial charge in [0.15, 0.2) is 0 Å². The summed E-state index contributed by atoms with van der Waals surface area (Å²) >= 11 is 0. The molecular weight excluding hydrogens is 197 g/mol. The molecule has 0 aromatic rings. The molecule has 0 fully saturated rings. The van der Waals surface area contributed by atoms with Gasteiger partial charge in [-0.1, -0.05) is 0 Å². The van der Waals surface area contributed by atoms with Gasteiger partial charge in [-0.15, -0.1) is 0 Å². The first-order valence-corrected chi connectivity index (χ1v) is 3.26. The SMILES string of the molecule is CCOC(=O)C(C)C(C)=O.[Zn+2]. The Hall–Kier alpha value is -0.237. The van der Waals surface area contributed by atoms with Crippen LogP contribution in [0.4, 0.5) is 0 Å². The minimum atomic E-state index is -0.611. The number of carbonyl (C=O) groups is 2. The second-order valence-corrected chi connectivity index (χ2v) is 2.08. The Morgan fingerprint density at radius 2 is 1.91 bits per heavy atom. The largest absolute Gasteiger partial charge is 2.00 e. The molecule has 1 atom stereocenters. The maximum atomic E-state index is 10.7. The molecule has 0 aliphatic rings.